The van der Waals surface area contributed by atoms with Crippen molar-refractivity contribution in [2.75, 3.05) is 5.32 Å². The van der Waals surface area contributed by atoms with E-state index in [4.69, 9.17) is 11.6 Å². The Morgan fingerprint density at radius 1 is 1.19 bits per heavy atom. The van der Waals surface area contributed by atoms with Crippen LogP contribution in [-0.4, -0.2) is 15.8 Å². The highest BCUT2D eigenvalue weighted by Gasteiger charge is 2.35. The van der Waals surface area contributed by atoms with Crippen LogP contribution in [0, 0.1) is 11.2 Å². The number of rotatable bonds is 3. The molecule has 3 aromatic rings. The average Bonchev–Trinajstić information content (AvgIpc) is 2.96. The van der Waals surface area contributed by atoms with Crippen molar-refractivity contribution >= 4 is 28.8 Å². The van der Waals surface area contributed by atoms with E-state index >= 15 is 0 Å². The van der Waals surface area contributed by atoms with Gasteiger partial charge in [0.2, 0.25) is 0 Å². The molecule has 0 aliphatic heterocycles. The molecule has 0 bridgehead atoms. The Labute approximate surface area is 161 Å². The Bertz CT molecular complexity index is 1030. The number of halogens is 2. The minimum Gasteiger partial charge on any atom is -0.356 e. The Hall–Kier alpha value is -2.66. The number of pyridine rings is 1. The molecule has 2 heterocycles. The molecule has 1 aromatic carbocycles. The van der Waals surface area contributed by atoms with E-state index < -0.39 is 5.82 Å². The van der Waals surface area contributed by atoms with Gasteiger partial charge in [0.1, 0.15) is 5.82 Å². The number of anilines is 2. The molecule has 138 valence electrons. The molecule has 0 radical (unpaired) electrons. The van der Waals surface area contributed by atoms with Gasteiger partial charge in [0.25, 0.3) is 0 Å². The second kappa shape index (κ2) is 6.50. The zero-order valence-corrected chi connectivity index (χ0v) is 15.8. The quantitative estimate of drug-likeness (QED) is 0.603. The summed E-state index contributed by atoms with van der Waals surface area (Å²) >= 11 is 5.92. The smallest absolute Gasteiger partial charge is 0.167 e. The van der Waals surface area contributed by atoms with E-state index in [1.807, 2.05) is 12.1 Å². The number of hydrogen-bond donors (Lipinski definition) is 2. The van der Waals surface area contributed by atoms with E-state index in [-0.39, 0.29) is 16.2 Å². The van der Waals surface area contributed by atoms with Gasteiger partial charge in [-0.2, -0.15) is 0 Å². The zero-order chi connectivity index (χ0) is 19.2. The molecular weight excluding hydrogens is 365 g/mol. The van der Waals surface area contributed by atoms with Crippen LogP contribution in [0.25, 0.3) is 11.3 Å². The van der Waals surface area contributed by atoms with Gasteiger partial charge >= 0.3 is 0 Å². The lowest BCUT2D eigenvalue weighted by atomic mass is 9.76. The lowest BCUT2D eigenvalue weighted by Crippen LogP contribution is -2.26. The van der Waals surface area contributed by atoms with E-state index in [9.17, 15) is 9.18 Å². The lowest BCUT2D eigenvalue weighted by Gasteiger charge is -2.28. The van der Waals surface area contributed by atoms with Crippen molar-refractivity contribution in [2.45, 2.75) is 26.7 Å². The van der Waals surface area contributed by atoms with E-state index in [0.717, 1.165) is 23.4 Å². The highest BCUT2D eigenvalue weighted by molar-refractivity contribution is 6.31. The molecule has 0 spiro atoms. The van der Waals surface area contributed by atoms with Crippen molar-refractivity contribution in [3.63, 3.8) is 0 Å². The van der Waals surface area contributed by atoms with Crippen LogP contribution in [-0.2, 0) is 6.42 Å². The first-order valence-corrected chi connectivity index (χ1v) is 9.12. The van der Waals surface area contributed by atoms with Crippen LogP contribution in [0.15, 0.2) is 42.7 Å². The largest absolute Gasteiger partial charge is 0.356 e. The van der Waals surface area contributed by atoms with Gasteiger partial charge in [0.05, 0.1) is 22.0 Å². The van der Waals surface area contributed by atoms with E-state index in [1.165, 1.54) is 12.1 Å². The third kappa shape index (κ3) is 3.35. The number of aromatic nitrogens is 2. The molecule has 4 nitrogen and oxygen atoms in total. The Balaban J connectivity index is 1.87. The summed E-state index contributed by atoms with van der Waals surface area (Å²) in [5.74, 6) is -0.390. The van der Waals surface area contributed by atoms with E-state index in [2.05, 4.69) is 29.1 Å². The molecule has 2 aromatic heterocycles. The van der Waals surface area contributed by atoms with Gasteiger partial charge in [-0.25, -0.2) is 4.39 Å². The first-order valence-electron chi connectivity index (χ1n) is 8.74. The molecule has 1 aliphatic rings. The number of fused-ring (bicyclic) bond motifs is 1. The maximum absolute atomic E-state index is 13.5. The number of carbonyl (C=O) groups is 1. The maximum atomic E-state index is 13.5. The van der Waals surface area contributed by atoms with Crippen molar-refractivity contribution in [3.8, 4) is 11.3 Å². The molecule has 27 heavy (non-hydrogen) atoms. The van der Waals surface area contributed by atoms with Gasteiger partial charge in [-0.15, -0.1) is 0 Å². The molecule has 0 atom stereocenters. The highest BCUT2D eigenvalue weighted by atomic mass is 35.5. The number of benzene rings is 1. The summed E-state index contributed by atoms with van der Waals surface area (Å²) in [4.78, 5) is 20.4. The standard InChI is InChI=1S/C21H19ClFN3O/c1-21(2)10-16-18(17(27)11-21)20(19(26-16)12-5-7-24-8-6-12)25-13-3-4-15(23)14(22)9-13/h3-9,25-26H,10-11H2,1-2H3. The van der Waals surface area contributed by atoms with Crippen LogP contribution < -0.4 is 5.32 Å². The number of nitrogens with zero attached hydrogens (tertiary/aromatic N) is 1. The summed E-state index contributed by atoms with van der Waals surface area (Å²) in [5, 5.41) is 3.31. The highest BCUT2D eigenvalue weighted by Crippen LogP contribution is 2.43. The van der Waals surface area contributed by atoms with Crippen molar-refractivity contribution < 1.29 is 9.18 Å². The van der Waals surface area contributed by atoms with Crippen molar-refractivity contribution in [1.82, 2.24) is 9.97 Å². The minimum atomic E-state index is -0.481. The summed E-state index contributed by atoms with van der Waals surface area (Å²) in [6, 6.07) is 8.20. The second-order valence-corrected chi connectivity index (χ2v) is 8.07. The van der Waals surface area contributed by atoms with Crippen LogP contribution in [0.4, 0.5) is 15.8 Å². The third-order valence-corrected chi connectivity index (χ3v) is 5.10. The Morgan fingerprint density at radius 2 is 1.93 bits per heavy atom. The molecule has 2 N–H and O–H groups in total. The van der Waals surface area contributed by atoms with Gasteiger partial charge in [-0.05, 0) is 42.2 Å². The fourth-order valence-corrected chi connectivity index (χ4v) is 3.82. The first kappa shape index (κ1) is 17.7. The molecule has 6 heteroatoms. The summed E-state index contributed by atoms with van der Waals surface area (Å²) in [6.07, 6.45) is 4.67. The first-order chi connectivity index (χ1) is 12.8. The summed E-state index contributed by atoms with van der Waals surface area (Å²) in [7, 11) is 0. The normalized spacial score (nSPS) is 15.5. The van der Waals surface area contributed by atoms with Crippen molar-refractivity contribution in [1.29, 1.82) is 0 Å². The monoisotopic (exact) mass is 383 g/mol. The number of H-pyrrole nitrogens is 1. The molecule has 0 saturated heterocycles. The second-order valence-electron chi connectivity index (χ2n) is 7.66. The fourth-order valence-electron chi connectivity index (χ4n) is 3.63. The molecule has 0 fully saturated rings. The van der Waals surface area contributed by atoms with Crippen LogP contribution >= 0.6 is 11.6 Å². The number of ketones is 1. The van der Waals surface area contributed by atoms with Crippen LogP contribution in [0.2, 0.25) is 5.02 Å². The molecule has 0 unspecified atom stereocenters. The predicted octanol–water partition coefficient (Wildman–Crippen LogP) is 5.77. The van der Waals surface area contributed by atoms with Gasteiger partial charge < -0.3 is 10.3 Å². The average molecular weight is 384 g/mol. The number of nitrogens with one attached hydrogen (secondary N) is 2. The van der Waals surface area contributed by atoms with Crippen LogP contribution in [0.1, 0.15) is 36.3 Å². The van der Waals surface area contributed by atoms with Crippen LogP contribution in [0.5, 0.6) is 0 Å². The molecule has 1 aliphatic carbocycles. The van der Waals surface area contributed by atoms with Crippen LogP contribution in [0.3, 0.4) is 0 Å². The Morgan fingerprint density at radius 3 is 2.63 bits per heavy atom. The molecular formula is C21H19ClFN3O. The topological polar surface area (TPSA) is 57.8 Å². The van der Waals surface area contributed by atoms with E-state index in [0.29, 0.717) is 23.4 Å². The minimum absolute atomic E-state index is 0.0299. The summed E-state index contributed by atoms with van der Waals surface area (Å²) in [5.41, 5.74) is 4.53. The molecule has 4 rings (SSSR count). The van der Waals surface area contributed by atoms with Gasteiger partial charge in [-0.3, -0.25) is 9.78 Å². The Kier molecular flexibility index (Phi) is 4.27. The van der Waals surface area contributed by atoms with Crippen molar-refractivity contribution in [2.24, 2.45) is 5.41 Å². The number of carbonyl (C=O) groups excluding carboxylic acids is 1. The number of hydrogen-bond acceptors (Lipinski definition) is 3. The SMILES string of the molecule is CC1(C)CC(=O)c2c([nH]c(-c3ccncc3)c2Nc2ccc(F)c(Cl)c2)C1. The third-order valence-electron chi connectivity index (χ3n) is 4.81. The zero-order valence-electron chi connectivity index (χ0n) is 15.1. The molecule has 0 amide bonds. The van der Waals surface area contributed by atoms with Gasteiger partial charge in [-0.1, -0.05) is 25.4 Å². The summed E-state index contributed by atoms with van der Waals surface area (Å²) in [6.45, 7) is 4.18. The summed E-state index contributed by atoms with van der Waals surface area (Å²) < 4.78 is 13.5. The van der Waals surface area contributed by atoms with Crippen molar-refractivity contribution in [3.05, 3.63) is 64.8 Å². The number of aromatic amines is 1. The maximum Gasteiger partial charge on any atom is 0.167 e. The fraction of sp³-hybridized carbons (Fsp3) is 0.238. The van der Waals surface area contributed by atoms with Gasteiger partial charge in [0.15, 0.2) is 5.78 Å². The van der Waals surface area contributed by atoms with E-state index in [1.54, 1.807) is 18.5 Å². The van der Waals surface area contributed by atoms with Gasteiger partial charge in [0, 0.05) is 35.8 Å². The predicted molar refractivity (Wildman–Crippen MR) is 105 cm³/mol. The lowest BCUT2D eigenvalue weighted by molar-refractivity contribution is 0.0912. The molecule has 0 saturated carbocycles. The number of Topliss-reactive ketones (excluding diaryl/α,β-unsaturated/α-hetero) is 1.